The van der Waals surface area contributed by atoms with Crippen LogP contribution in [-0.4, -0.2) is 160 Å². The number of amides is 3. The number of aliphatic hydroxyl groups is 1. The van der Waals surface area contributed by atoms with Gasteiger partial charge in [0, 0.05) is 95.4 Å². The van der Waals surface area contributed by atoms with E-state index in [9.17, 15) is 29.0 Å². The third-order valence-corrected chi connectivity index (χ3v) is 15.9. The number of phenolic OH excluding ortho intramolecular Hbond substituents is 1. The zero-order valence-corrected chi connectivity index (χ0v) is 47.1. The number of nitrogens with one attached hydrogen (secondary N) is 3. The monoisotopic (exact) mass is 1100 g/mol. The Morgan fingerprint density at radius 2 is 1.71 bits per heavy atom. The van der Waals surface area contributed by atoms with E-state index in [1.165, 1.54) is 35.4 Å². The van der Waals surface area contributed by atoms with Crippen LogP contribution < -0.4 is 25.6 Å². The molecular weight excluding hydrogens is 1030 g/mol. The first kappa shape index (κ1) is 58.3. The van der Waals surface area contributed by atoms with Gasteiger partial charge in [-0.3, -0.25) is 19.4 Å². The van der Waals surface area contributed by atoms with E-state index in [1.807, 2.05) is 83.4 Å². The molecule has 79 heavy (non-hydrogen) atoms. The predicted octanol–water partition coefficient (Wildman–Crippen LogP) is 7.04. The minimum absolute atomic E-state index is 0.00142. The Morgan fingerprint density at radius 3 is 2.38 bits per heavy atom. The van der Waals surface area contributed by atoms with Crippen LogP contribution in [0.5, 0.6) is 11.8 Å². The van der Waals surface area contributed by atoms with Gasteiger partial charge in [-0.05, 0) is 86.8 Å². The standard InChI is InChI=1S/C59H73F2N11O6S/c1-9-43-46(60)20-19-40-28-41(73)29-44(49(40)43)51-50(61)52-45(32-63-51)55(69(8)33-36(2)62-7)68-58(67-52)78-27-13-22-71-25-23-70(24-26-71)21-12-10-11-14-48(75)66-54(59(4,5)6)57(77)72-34-42(74)30-47(72)56(76)64-31-38-15-17-39(18-16-38)53-37(3)65-35-79-53/h1,15-20,28-29,32,35-36,42,47,54,62,73-74H,10-14,21-27,30-31,33-34H2,2-8H3,(H,64,76)(H,66,75)/t36?,42-,47?,54-/m1/s1. The van der Waals surface area contributed by atoms with Crippen molar-refractivity contribution in [1.29, 1.82) is 0 Å². The first-order valence-corrected chi connectivity index (χ1v) is 28.0. The molecule has 0 bridgehead atoms. The number of aromatic nitrogens is 4. The number of phenols is 1. The van der Waals surface area contributed by atoms with Gasteiger partial charge in [0.1, 0.15) is 40.7 Å². The molecule has 2 aliphatic rings. The number of aromatic hydroxyl groups is 1. The number of piperazine rings is 1. The molecule has 3 aromatic carbocycles. The fraction of sp³-hybridized carbons (Fsp3) is 0.475. The number of rotatable bonds is 22. The van der Waals surface area contributed by atoms with Gasteiger partial charge in [-0.25, -0.2) is 13.8 Å². The number of anilines is 1. The van der Waals surface area contributed by atoms with Gasteiger partial charge in [-0.2, -0.15) is 9.97 Å². The normalized spacial score (nSPS) is 16.9. The molecule has 2 fully saturated rings. The molecule has 2 unspecified atom stereocenters. The number of carbonyl (C=O) groups excluding carboxylic acids is 3. The Bertz CT molecular complexity index is 3180. The summed E-state index contributed by atoms with van der Waals surface area (Å²) in [5.74, 6) is 0.233. The van der Waals surface area contributed by atoms with Gasteiger partial charge in [0.25, 0.3) is 0 Å². The second-order valence-corrected chi connectivity index (χ2v) is 22.7. The van der Waals surface area contributed by atoms with Gasteiger partial charge in [-0.15, -0.1) is 17.8 Å². The van der Waals surface area contributed by atoms with Crippen LogP contribution in [0.3, 0.4) is 0 Å². The molecule has 20 heteroatoms. The summed E-state index contributed by atoms with van der Waals surface area (Å²) in [5.41, 5.74) is 3.94. The number of unbranched alkanes of at least 4 members (excludes halogenated alkanes) is 2. The quantitative estimate of drug-likeness (QED) is 0.0342. The number of benzene rings is 3. The minimum Gasteiger partial charge on any atom is -0.508 e. The Hall–Kier alpha value is -6.89. The van der Waals surface area contributed by atoms with Crippen molar-refractivity contribution in [2.75, 3.05) is 78.0 Å². The van der Waals surface area contributed by atoms with E-state index < -0.39 is 35.2 Å². The molecule has 0 radical (unpaired) electrons. The fourth-order valence-corrected chi connectivity index (χ4v) is 11.2. The number of terminal acetylenes is 1. The first-order valence-electron chi connectivity index (χ1n) is 27.1. The number of β-amino-alcohol motifs (C(OH)–C–C–N with tert-alkyl or cyclic N) is 1. The summed E-state index contributed by atoms with van der Waals surface area (Å²) in [5, 5.41) is 31.4. The van der Waals surface area contributed by atoms with E-state index in [-0.39, 0.29) is 95.8 Å². The fourth-order valence-electron chi connectivity index (χ4n) is 10.4. The zero-order valence-electron chi connectivity index (χ0n) is 46.2. The second kappa shape index (κ2) is 25.9. The van der Waals surface area contributed by atoms with E-state index in [1.54, 1.807) is 11.3 Å². The summed E-state index contributed by atoms with van der Waals surface area (Å²) in [4.78, 5) is 68.3. The molecule has 8 rings (SSSR count). The maximum atomic E-state index is 16.9. The van der Waals surface area contributed by atoms with Crippen LogP contribution in [0.2, 0.25) is 0 Å². The maximum absolute atomic E-state index is 16.9. The number of aliphatic hydroxyl groups excluding tert-OH is 1. The van der Waals surface area contributed by atoms with Crippen LogP contribution in [-0.2, 0) is 20.9 Å². The summed E-state index contributed by atoms with van der Waals surface area (Å²) in [7, 11) is 3.70. The number of nitrogens with zero attached hydrogens (tertiary/aromatic N) is 8. The van der Waals surface area contributed by atoms with E-state index >= 15 is 4.39 Å². The topological polar surface area (TPSA) is 202 Å². The summed E-state index contributed by atoms with van der Waals surface area (Å²) in [6.07, 6.45) is 9.83. The molecule has 4 atom stereocenters. The van der Waals surface area contributed by atoms with Crippen molar-refractivity contribution < 1.29 is 38.1 Å². The molecule has 3 aromatic heterocycles. The summed E-state index contributed by atoms with van der Waals surface area (Å²) >= 11 is 1.58. The highest BCUT2D eigenvalue weighted by atomic mass is 32.1. The molecule has 2 aliphatic heterocycles. The Kier molecular flexibility index (Phi) is 19.1. The molecule has 0 aliphatic carbocycles. The highest BCUT2D eigenvalue weighted by Gasteiger charge is 2.44. The second-order valence-electron chi connectivity index (χ2n) is 21.9. The Balaban J connectivity index is 0.782. The maximum Gasteiger partial charge on any atom is 0.319 e. The molecule has 17 nitrogen and oxygen atoms in total. The van der Waals surface area contributed by atoms with E-state index in [0.717, 1.165) is 73.8 Å². The molecule has 0 spiro atoms. The molecule has 3 amide bonds. The van der Waals surface area contributed by atoms with Gasteiger partial charge in [0.05, 0.1) is 39.7 Å². The molecular formula is C59H73F2N11O6S. The van der Waals surface area contributed by atoms with Crippen LogP contribution in [0.1, 0.15) is 83.0 Å². The number of pyridine rings is 1. The number of likely N-dealkylation sites (N-methyl/N-ethyl adjacent to an activating group) is 2. The smallest absolute Gasteiger partial charge is 0.319 e. The number of thiazole rings is 1. The Morgan fingerprint density at radius 1 is 0.987 bits per heavy atom. The van der Waals surface area contributed by atoms with Crippen molar-refractivity contribution in [3.05, 3.63) is 88.7 Å². The number of hydrogen-bond acceptors (Lipinski definition) is 15. The van der Waals surface area contributed by atoms with E-state index in [2.05, 4.69) is 46.6 Å². The number of likely N-dealkylation sites (tertiary alicyclic amines) is 1. The van der Waals surface area contributed by atoms with Crippen molar-refractivity contribution >= 4 is 56.6 Å². The number of carbonyl (C=O) groups is 3. The van der Waals surface area contributed by atoms with Crippen LogP contribution in [0.15, 0.2) is 60.2 Å². The number of aryl methyl sites for hydroxylation is 1. The molecule has 6 aromatic rings. The van der Waals surface area contributed by atoms with Crippen molar-refractivity contribution in [3.63, 3.8) is 0 Å². The lowest BCUT2D eigenvalue weighted by Crippen LogP contribution is -2.57. The lowest BCUT2D eigenvalue weighted by molar-refractivity contribution is -0.144. The number of ether oxygens (including phenoxy) is 1. The molecule has 0 saturated carbocycles. The average Bonchev–Trinajstić information content (AvgIpc) is 4.23. The van der Waals surface area contributed by atoms with Gasteiger partial charge >= 0.3 is 6.01 Å². The number of fused-ring (bicyclic) bond motifs is 2. The SMILES string of the molecule is C#Cc1c(F)ccc2cc(O)cc(-c3ncc4c(N(C)CC(C)NC)nc(OCCCN5CCN(CCCCCC(=O)N[C@H](C(=O)N6C[C@H](O)CC6C(=O)NCc6ccc(-c7scnc7C)cc6)C(C)(C)C)CC5)nc4c3F)c12. The molecule has 2 saturated heterocycles. The van der Waals surface area contributed by atoms with Crippen molar-refractivity contribution in [1.82, 2.24) is 50.6 Å². The van der Waals surface area contributed by atoms with E-state index in [0.29, 0.717) is 36.0 Å². The molecule has 420 valence electrons. The van der Waals surface area contributed by atoms with Gasteiger partial charge in [0.15, 0.2) is 5.82 Å². The molecule has 5 N–H and O–H groups in total. The Labute approximate surface area is 465 Å². The van der Waals surface area contributed by atoms with Crippen molar-refractivity contribution in [3.8, 4) is 45.8 Å². The van der Waals surface area contributed by atoms with Gasteiger partial charge in [-0.1, -0.05) is 63.4 Å². The highest BCUT2D eigenvalue weighted by molar-refractivity contribution is 7.13. The molecule has 5 heterocycles. The van der Waals surface area contributed by atoms with Crippen LogP contribution in [0.4, 0.5) is 14.6 Å². The van der Waals surface area contributed by atoms with Gasteiger partial charge in [0.2, 0.25) is 17.7 Å². The predicted molar refractivity (Wildman–Crippen MR) is 305 cm³/mol. The first-order chi connectivity index (χ1) is 37.8. The zero-order chi connectivity index (χ0) is 56.5. The van der Waals surface area contributed by atoms with Crippen LogP contribution in [0.25, 0.3) is 43.4 Å². The van der Waals surface area contributed by atoms with E-state index in [4.69, 9.17) is 16.1 Å². The van der Waals surface area contributed by atoms with Crippen molar-refractivity contribution in [2.45, 2.75) is 104 Å². The largest absolute Gasteiger partial charge is 0.508 e. The summed E-state index contributed by atoms with van der Waals surface area (Å²) in [6, 6.07) is 11.7. The van der Waals surface area contributed by atoms with Crippen molar-refractivity contribution in [2.24, 2.45) is 5.41 Å². The number of halogens is 2. The minimum atomic E-state index is -0.884. The lowest BCUT2D eigenvalue weighted by atomic mass is 9.85. The average molecular weight is 1100 g/mol. The number of hydrogen-bond donors (Lipinski definition) is 5. The highest BCUT2D eigenvalue weighted by Crippen LogP contribution is 2.39. The summed E-state index contributed by atoms with van der Waals surface area (Å²) in [6.45, 7) is 16.0. The van der Waals surface area contributed by atoms with Gasteiger partial charge < -0.3 is 50.5 Å². The third-order valence-electron chi connectivity index (χ3n) is 14.9. The third kappa shape index (κ3) is 14.1. The van der Waals surface area contributed by atoms with Crippen LogP contribution >= 0.6 is 11.3 Å². The lowest BCUT2D eigenvalue weighted by Gasteiger charge is -2.35. The summed E-state index contributed by atoms with van der Waals surface area (Å²) < 4.78 is 37.9. The van der Waals surface area contributed by atoms with Crippen LogP contribution in [0, 0.1) is 36.3 Å².